The fourth-order valence-electron chi connectivity index (χ4n) is 1.13. The first-order valence-electron chi connectivity index (χ1n) is 3.70. The van der Waals surface area contributed by atoms with Gasteiger partial charge in [0.15, 0.2) is 0 Å². The predicted octanol–water partition coefficient (Wildman–Crippen LogP) is 1.32. The van der Waals surface area contributed by atoms with Crippen LogP contribution in [-0.2, 0) is 9.47 Å². The van der Waals surface area contributed by atoms with Gasteiger partial charge >= 0.3 is 0 Å². The Labute approximate surface area is 67.3 Å². The van der Waals surface area contributed by atoms with Crippen LogP contribution in [0.15, 0.2) is 0 Å². The third-order valence-electron chi connectivity index (χ3n) is 1.79. The van der Waals surface area contributed by atoms with E-state index in [0.717, 1.165) is 32.7 Å². The van der Waals surface area contributed by atoms with E-state index in [1.165, 1.54) is 0 Å². The highest BCUT2D eigenvalue weighted by atomic mass is 32.1. The van der Waals surface area contributed by atoms with E-state index in [1.54, 1.807) is 0 Å². The maximum atomic E-state index is 5.21. The van der Waals surface area contributed by atoms with Gasteiger partial charge in [0.05, 0.1) is 12.5 Å². The fraction of sp³-hybridized carbons (Fsp3) is 1.00. The molecule has 2 nitrogen and oxygen atoms in total. The summed E-state index contributed by atoms with van der Waals surface area (Å²) >= 11 is 3.97. The minimum Gasteiger partial charge on any atom is -0.381 e. The third-order valence-corrected chi connectivity index (χ3v) is 1.97. The van der Waals surface area contributed by atoms with Gasteiger partial charge in [-0.3, -0.25) is 0 Å². The van der Waals surface area contributed by atoms with Crippen LogP contribution in [0.5, 0.6) is 0 Å². The third kappa shape index (κ3) is 2.90. The summed E-state index contributed by atoms with van der Waals surface area (Å²) < 4.78 is 10.4. The molecule has 0 aromatic heterocycles. The van der Waals surface area contributed by atoms with Gasteiger partial charge < -0.3 is 9.47 Å². The van der Waals surface area contributed by atoms with Crippen LogP contribution in [0, 0.1) is 5.92 Å². The summed E-state index contributed by atoms with van der Waals surface area (Å²) in [6, 6.07) is 0. The molecule has 0 atom stereocenters. The zero-order chi connectivity index (χ0) is 7.23. The lowest BCUT2D eigenvalue weighted by atomic mass is 10.0. The molecule has 1 rings (SSSR count). The van der Waals surface area contributed by atoms with E-state index in [-0.39, 0.29) is 0 Å². The van der Waals surface area contributed by atoms with Crippen molar-refractivity contribution in [1.82, 2.24) is 0 Å². The van der Waals surface area contributed by atoms with E-state index in [9.17, 15) is 0 Å². The van der Waals surface area contributed by atoms with Crippen molar-refractivity contribution in [3.8, 4) is 0 Å². The SMILES string of the molecule is SCOCC1CCOCC1. The van der Waals surface area contributed by atoms with Crippen molar-refractivity contribution in [2.45, 2.75) is 12.8 Å². The molecule has 3 heteroatoms. The van der Waals surface area contributed by atoms with E-state index in [4.69, 9.17) is 9.47 Å². The highest BCUT2D eigenvalue weighted by Crippen LogP contribution is 2.14. The van der Waals surface area contributed by atoms with Crippen LogP contribution in [0.25, 0.3) is 0 Å². The Morgan fingerprint density at radius 3 is 2.70 bits per heavy atom. The Kier molecular flexibility index (Phi) is 4.18. The van der Waals surface area contributed by atoms with Gasteiger partial charge in [-0.05, 0) is 18.8 Å². The molecule has 1 aliphatic heterocycles. The average molecular weight is 162 g/mol. The highest BCUT2D eigenvalue weighted by molar-refractivity contribution is 7.80. The Morgan fingerprint density at radius 1 is 1.40 bits per heavy atom. The van der Waals surface area contributed by atoms with Crippen LogP contribution in [0.4, 0.5) is 0 Å². The van der Waals surface area contributed by atoms with E-state index in [2.05, 4.69) is 12.6 Å². The summed E-state index contributed by atoms with van der Waals surface area (Å²) in [5.74, 6) is 1.25. The summed E-state index contributed by atoms with van der Waals surface area (Å²) in [4.78, 5) is 0. The van der Waals surface area contributed by atoms with Gasteiger partial charge in [0.25, 0.3) is 0 Å². The van der Waals surface area contributed by atoms with E-state index in [1.807, 2.05) is 0 Å². The molecule has 0 aromatic carbocycles. The van der Waals surface area contributed by atoms with Crippen LogP contribution in [0.1, 0.15) is 12.8 Å². The Bertz CT molecular complexity index is 81.7. The lowest BCUT2D eigenvalue weighted by molar-refractivity contribution is 0.0316. The van der Waals surface area contributed by atoms with E-state index < -0.39 is 0 Å². The maximum Gasteiger partial charge on any atom is 0.0892 e. The maximum absolute atomic E-state index is 5.21. The lowest BCUT2D eigenvalue weighted by Crippen LogP contribution is -2.19. The Morgan fingerprint density at radius 2 is 2.10 bits per heavy atom. The molecule has 1 fully saturated rings. The van der Waals surface area contributed by atoms with Crippen molar-refractivity contribution in [2.75, 3.05) is 25.8 Å². The van der Waals surface area contributed by atoms with Gasteiger partial charge in [-0.25, -0.2) is 0 Å². The van der Waals surface area contributed by atoms with Crippen molar-refractivity contribution in [3.05, 3.63) is 0 Å². The van der Waals surface area contributed by atoms with Gasteiger partial charge in [0.2, 0.25) is 0 Å². The molecule has 0 radical (unpaired) electrons. The van der Waals surface area contributed by atoms with Crippen molar-refractivity contribution >= 4 is 12.6 Å². The standard InChI is InChI=1S/C7H14O2S/c10-6-9-5-7-1-3-8-4-2-7/h7,10H,1-6H2. The smallest absolute Gasteiger partial charge is 0.0892 e. The first-order valence-corrected chi connectivity index (χ1v) is 4.33. The van der Waals surface area contributed by atoms with Gasteiger partial charge in [0, 0.05) is 13.2 Å². The fourth-order valence-corrected chi connectivity index (χ4v) is 1.24. The normalized spacial score (nSPS) is 21.3. The zero-order valence-electron chi connectivity index (χ0n) is 6.08. The molecule has 0 unspecified atom stereocenters. The molecule has 0 aliphatic carbocycles. The predicted molar refractivity (Wildman–Crippen MR) is 43.3 cm³/mol. The summed E-state index contributed by atoms with van der Waals surface area (Å²) in [7, 11) is 0. The minimum absolute atomic E-state index is 0.539. The molecule has 0 aromatic rings. The number of hydrogen-bond acceptors (Lipinski definition) is 3. The topological polar surface area (TPSA) is 18.5 Å². The van der Waals surface area contributed by atoms with Crippen molar-refractivity contribution in [2.24, 2.45) is 5.92 Å². The first kappa shape index (κ1) is 8.37. The molecule has 10 heavy (non-hydrogen) atoms. The molecular formula is C7H14O2S. The molecule has 1 heterocycles. The Balaban J connectivity index is 2.02. The monoisotopic (exact) mass is 162 g/mol. The van der Waals surface area contributed by atoms with Crippen LogP contribution >= 0.6 is 12.6 Å². The van der Waals surface area contributed by atoms with Crippen LogP contribution < -0.4 is 0 Å². The van der Waals surface area contributed by atoms with Crippen LogP contribution in [-0.4, -0.2) is 25.8 Å². The number of thiol groups is 1. The molecule has 0 spiro atoms. The van der Waals surface area contributed by atoms with Gasteiger partial charge in [0.1, 0.15) is 0 Å². The van der Waals surface area contributed by atoms with Gasteiger partial charge in [-0.2, -0.15) is 12.6 Å². The lowest BCUT2D eigenvalue weighted by Gasteiger charge is -2.21. The van der Waals surface area contributed by atoms with E-state index in [0.29, 0.717) is 11.9 Å². The highest BCUT2D eigenvalue weighted by Gasteiger charge is 2.12. The largest absolute Gasteiger partial charge is 0.381 e. The second-order valence-electron chi connectivity index (χ2n) is 2.56. The van der Waals surface area contributed by atoms with Gasteiger partial charge in [-0.15, -0.1) is 0 Å². The van der Waals surface area contributed by atoms with Crippen molar-refractivity contribution in [3.63, 3.8) is 0 Å². The molecule has 0 saturated carbocycles. The molecule has 1 saturated heterocycles. The second-order valence-corrected chi connectivity index (χ2v) is 2.81. The number of ether oxygens (including phenoxy) is 2. The quantitative estimate of drug-likeness (QED) is 0.498. The molecule has 0 bridgehead atoms. The molecule has 1 aliphatic rings. The molecule has 60 valence electrons. The van der Waals surface area contributed by atoms with Crippen molar-refractivity contribution in [1.29, 1.82) is 0 Å². The first-order chi connectivity index (χ1) is 4.93. The summed E-state index contributed by atoms with van der Waals surface area (Å²) in [6.45, 7) is 2.66. The van der Waals surface area contributed by atoms with Gasteiger partial charge in [-0.1, -0.05) is 0 Å². The summed E-state index contributed by atoms with van der Waals surface area (Å²) in [5.41, 5.74) is 0. The Hall–Kier alpha value is 0.270. The average Bonchev–Trinajstić information content (AvgIpc) is 2.03. The number of rotatable bonds is 3. The van der Waals surface area contributed by atoms with Crippen molar-refractivity contribution < 1.29 is 9.47 Å². The second kappa shape index (κ2) is 4.99. The van der Waals surface area contributed by atoms with Crippen LogP contribution in [0.2, 0.25) is 0 Å². The molecule has 0 amide bonds. The van der Waals surface area contributed by atoms with E-state index >= 15 is 0 Å². The number of hydrogen-bond donors (Lipinski definition) is 1. The summed E-state index contributed by atoms with van der Waals surface area (Å²) in [5, 5.41) is 0. The molecular weight excluding hydrogens is 148 g/mol. The van der Waals surface area contributed by atoms with Crippen LogP contribution in [0.3, 0.4) is 0 Å². The minimum atomic E-state index is 0.539. The zero-order valence-corrected chi connectivity index (χ0v) is 6.98. The molecule has 0 N–H and O–H groups in total. The summed E-state index contributed by atoms with van der Waals surface area (Å²) in [6.07, 6.45) is 2.29.